The molecular weight excluding hydrogens is 382 g/mol. The van der Waals surface area contributed by atoms with Crippen LogP contribution >= 0.6 is 11.6 Å². The normalized spacial score (nSPS) is 11.9. The number of rotatable bonds is 5. The van der Waals surface area contributed by atoms with E-state index in [4.69, 9.17) is 17.3 Å². The second-order valence-electron chi connectivity index (χ2n) is 6.34. The minimum absolute atomic E-state index is 0.189. The molecule has 0 aliphatic carbocycles. The zero-order chi connectivity index (χ0) is 19.0. The standard InChI is InChI=1S/C20H18ClN3O2S/c21-19-3-1-2-13-10-16(5-6-17(13)19)27(25,26)24-15-4-7-20-18(11-15)14(8-9-22)12-23-20/h1-7,10-12,23-24H,8-9,22H2. The van der Waals surface area contributed by atoms with Crippen molar-refractivity contribution in [1.29, 1.82) is 0 Å². The van der Waals surface area contributed by atoms with Crippen LogP contribution in [0.25, 0.3) is 21.7 Å². The molecule has 4 aromatic rings. The third-order valence-corrected chi connectivity index (χ3v) is 6.25. The summed E-state index contributed by atoms with van der Waals surface area (Å²) in [4.78, 5) is 3.36. The van der Waals surface area contributed by atoms with Gasteiger partial charge in [0.25, 0.3) is 10.0 Å². The van der Waals surface area contributed by atoms with Gasteiger partial charge in [0, 0.05) is 33.2 Å². The van der Waals surface area contributed by atoms with Crippen molar-refractivity contribution in [3.63, 3.8) is 0 Å². The van der Waals surface area contributed by atoms with Gasteiger partial charge in [0.15, 0.2) is 0 Å². The third kappa shape index (κ3) is 3.39. The maximum absolute atomic E-state index is 12.8. The van der Waals surface area contributed by atoms with Crippen LogP contribution < -0.4 is 10.5 Å². The van der Waals surface area contributed by atoms with Crippen molar-refractivity contribution in [2.75, 3.05) is 11.3 Å². The van der Waals surface area contributed by atoms with Gasteiger partial charge in [0.05, 0.1) is 4.90 Å². The molecule has 0 radical (unpaired) electrons. The Bertz CT molecular complexity index is 1250. The second kappa shape index (κ2) is 6.88. The van der Waals surface area contributed by atoms with E-state index in [-0.39, 0.29) is 4.90 Å². The summed E-state index contributed by atoms with van der Waals surface area (Å²) in [5, 5.41) is 3.15. The predicted octanol–water partition coefficient (Wildman–Crippen LogP) is 4.28. The molecule has 4 rings (SSSR count). The summed E-state index contributed by atoms with van der Waals surface area (Å²) in [5.41, 5.74) is 8.16. The van der Waals surface area contributed by atoms with E-state index in [0.717, 1.165) is 33.7 Å². The Kier molecular flexibility index (Phi) is 4.55. The monoisotopic (exact) mass is 399 g/mol. The number of anilines is 1. The summed E-state index contributed by atoms with van der Waals surface area (Å²) in [5.74, 6) is 0. The molecule has 0 spiro atoms. The first-order chi connectivity index (χ1) is 13.0. The van der Waals surface area contributed by atoms with Gasteiger partial charge in [-0.2, -0.15) is 0 Å². The lowest BCUT2D eigenvalue weighted by Crippen LogP contribution is -2.12. The molecule has 138 valence electrons. The zero-order valence-corrected chi connectivity index (χ0v) is 15.9. The number of hydrogen-bond acceptors (Lipinski definition) is 3. The van der Waals surface area contributed by atoms with Crippen molar-refractivity contribution in [3.8, 4) is 0 Å². The Labute approximate surface area is 162 Å². The van der Waals surface area contributed by atoms with E-state index >= 15 is 0 Å². The second-order valence-corrected chi connectivity index (χ2v) is 8.43. The van der Waals surface area contributed by atoms with Crippen LogP contribution in [0.2, 0.25) is 5.02 Å². The van der Waals surface area contributed by atoms with Crippen molar-refractivity contribution < 1.29 is 8.42 Å². The number of sulfonamides is 1. The van der Waals surface area contributed by atoms with Crippen molar-refractivity contribution in [1.82, 2.24) is 4.98 Å². The van der Waals surface area contributed by atoms with Gasteiger partial charge in [-0.3, -0.25) is 4.72 Å². The molecule has 7 heteroatoms. The van der Waals surface area contributed by atoms with Crippen molar-refractivity contribution in [2.45, 2.75) is 11.3 Å². The topological polar surface area (TPSA) is 88.0 Å². The number of halogens is 1. The lowest BCUT2D eigenvalue weighted by Gasteiger charge is -2.10. The SMILES string of the molecule is NCCc1c[nH]c2ccc(NS(=O)(=O)c3ccc4c(Cl)cccc4c3)cc12. The van der Waals surface area contributed by atoms with E-state index in [2.05, 4.69) is 9.71 Å². The van der Waals surface area contributed by atoms with E-state index in [0.29, 0.717) is 17.3 Å². The quantitative estimate of drug-likeness (QED) is 0.468. The Morgan fingerprint density at radius 3 is 2.70 bits per heavy atom. The Morgan fingerprint density at radius 1 is 1.04 bits per heavy atom. The fourth-order valence-electron chi connectivity index (χ4n) is 3.21. The maximum atomic E-state index is 12.8. The van der Waals surface area contributed by atoms with Crippen LogP contribution in [0.3, 0.4) is 0 Å². The number of fused-ring (bicyclic) bond motifs is 2. The Balaban J connectivity index is 1.70. The molecule has 0 fully saturated rings. The molecule has 0 saturated carbocycles. The van der Waals surface area contributed by atoms with Gasteiger partial charge in [0.1, 0.15) is 0 Å². The molecule has 5 nitrogen and oxygen atoms in total. The van der Waals surface area contributed by atoms with Gasteiger partial charge in [-0.25, -0.2) is 8.42 Å². The molecule has 0 bridgehead atoms. The molecule has 4 N–H and O–H groups in total. The lowest BCUT2D eigenvalue weighted by atomic mass is 10.1. The van der Waals surface area contributed by atoms with E-state index in [1.165, 1.54) is 0 Å². The van der Waals surface area contributed by atoms with Crippen molar-refractivity contribution >= 4 is 49.0 Å². The fraction of sp³-hybridized carbons (Fsp3) is 0.100. The smallest absolute Gasteiger partial charge is 0.261 e. The molecule has 0 amide bonds. The van der Waals surface area contributed by atoms with Crippen LogP contribution in [0.4, 0.5) is 5.69 Å². The third-order valence-electron chi connectivity index (χ3n) is 4.54. The highest BCUT2D eigenvalue weighted by Gasteiger charge is 2.16. The summed E-state index contributed by atoms with van der Waals surface area (Å²) in [6, 6.07) is 15.7. The summed E-state index contributed by atoms with van der Waals surface area (Å²) < 4.78 is 28.3. The first-order valence-electron chi connectivity index (χ1n) is 8.49. The number of benzene rings is 3. The molecule has 1 aromatic heterocycles. The average molecular weight is 400 g/mol. The van der Waals surface area contributed by atoms with Crippen molar-refractivity contribution in [2.24, 2.45) is 5.73 Å². The van der Waals surface area contributed by atoms with E-state index in [1.807, 2.05) is 24.4 Å². The number of aromatic amines is 1. The molecule has 0 aliphatic heterocycles. The number of H-pyrrole nitrogens is 1. The molecule has 27 heavy (non-hydrogen) atoms. The predicted molar refractivity (Wildman–Crippen MR) is 111 cm³/mol. The molecule has 0 unspecified atom stereocenters. The average Bonchev–Trinajstić information content (AvgIpc) is 3.04. The number of nitrogens with one attached hydrogen (secondary N) is 2. The first kappa shape index (κ1) is 17.9. The Hall–Kier alpha value is -2.54. The molecule has 0 aliphatic rings. The van der Waals surface area contributed by atoms with Crippen LogP contribution in [-0.4, -0.2) is 19.9 Å². The van der Waals surface area contributed by atoms with E-state index < -0.39 is 10.0 Å². The van der Waals surface area contributed by atoms with E-state index in [9.17, 15) is 8.42 Å². The largest absolute Gasteiger partial charge is 0.361 e. The van der Waals surface area contributed by atoms with Gasteiger partial charge in [-0.1, -0.05) is 29.8 Å². The Morgan fingerprint density at radius 2 is 1.89 bits per heavy atom. The number of aromatic nitrogens is 1. The summed E-state index contributed by atoms with van der Waals surface area (Å²) in [7, 11) is -3.72. The highest BCUT2D eigenvalue weighted by Crippen LogP contribution is 2.28. The highest BCUT2D eigenvalue weighted by atomic mass is 35.5. The van der Waals surface area contributed by atoms with Gasteiger partial charge >= 0.3 is 0 Å². The van der Waals surface area contributed by atoms with Crippen LogP contribution in [0, 0.1) is 0 Å². The molecule has 0 atom stereocenters. The highest BCUT2D eigenvalue weighted by molar-refractivity contribution is 7.92. The van der Waals surface area contributed by atoms with Gasteiger partial charge in [-0.15, -0.1) is 0 Å². The number of nitrogens with two attached hydrogens (primary N) is 1. The minimum Gasteiger partial charge on any atom is -0.361 e. The van der Waals surface area contributed by atoms with Crippen LogP contribution in [-0.2, 0) is 16.4 Å². The summed E-state index contributed by atoms with van der Waals surface area (Å²) >= 11 is 6.16. The lowest BCUT2D eigenvalue weighted by molar-refractivity contribution is 0.601. The van der Waals surface area contributed by atoms with Gasteiger partial charge in [-0.05, 0) is 60.3 Å². The first-order valence-corrected chi connectivity index (χ1v) is 10.4. The summed E-state index contributed by atoms with van der Waals surface area (Å²) in [6.45, 7) is 0.530. The van der Waals surface area contributed by atoms with E-state index in [1.54, 1.807) is 36.4 Å². The van der Waals surface area contributed by atoms with Crippen molar-refractivity contribution in [3.05, 3.63) is 71.4 Å². The van der Waals surface area contributed by atoms with Gasteiger partial charge in [0.2, 0.25) is 0 Å². The fourth-order valence-corrected chi connectivity index (χ4v) is 4.54. The molecular formula is C20H18ClN3O2S. The van der Waals surface area contributed by atoms with Crippen LogP contribution in [0.15, 0.2) is 65.7 Å². The minimum atomic E-state index is -3.72. The zero-order valence-electron chi connectivity index (χ0n) is 14.4. The summed E-state index contributed by atoms with van der Waals surface area (Å²) in [6.07, 6.45) is 2.63. The molecule has 3 aromatic carbocycles. The molecule has 0 saturated heterocycles. The van der Waals surface area contributed by atoms with Gasteiger partial charge < -0.3 is 10.7 Å². The maximum Gasteiger partial charge on any atom is 0.261 e. The molecule has 1 heterocycles. The number of hydrogen-bond donors (Lipinski definition) is 3. The van der Waals surface area contributed by atoms with Crippen LogP contribution in [0.1, 0.15) is 5.56 Å². The van der Waals surface area contributed by atoms with Crippen LogP contribution in [0.5, 0.6) is 0 Å².